The summed E-state index contributed by atoms with van der Waals surface area (Å²) >= 11 is 0. The Morgan fingerprint density at radius 3 is 2.47 bits per heavy atom. The van der Waals surface area contributed by atoms with Gasteiger partial charge in [0, 0.05) is 0 Å². The van der Waals surface area contributed by atoms with E-state index in [2.05, 4.69) is 14.7 Å². The number of nitrogens with zero attached hydrogens (tertiary/aromatic N) is 2. The van der Waals surface area contributed by atoms with Crippen LogP contribution >= 0.6 is 0 Å². The van der Waals surface area contributed by atoms with Crippen molar-refractivity contribution in [1.82, 2.24) is 10.1 Å². The number of carbonyl (C=O) groups is 1. The van der Waals surface area contributed by atoms with Crippen LogP contribution in [-0.2, 0) is 5.41 Å². The summed E-state index contributed by atoms with van der Waals surface area (Å²) in [6, 6.07) is 0. The van der Waals surface area contributed by atoms with Gasteiger partial charge in [-0.2, -0.15) is 4.98 Å². The minimum absolute atomic E-state index is 0. The molecule has 0 saturated heterocycles. The van der Waals surface area contributed by atoms with Gasteiger partial charge in [0.2, 0.25) is 11.7 Å². The average molecular weight is 242 g/mol. The summed E-state index contributed by atoms with van der Waals surface area (Å²) in [5.41, 5.74) is -1.42. The number of aromatic carboxylic acids is 1. The number of carbonyl (C=O) groups excluding carboxylic acids is 1. The molecule has 1 aromatic heterocycles. The van der Waals surface area contributed by atoms with E-state index in [0.717, 1.165) is 0 Å². The van der Waals surface area contributed by atoms with Crippen molar-refractivity contribution < 1.29 is 74.6 Å². The van der Waals surface area contributed by atoms with Crippen molar-refractivity contribution in [2.45, 2.75) is 24.7 Å². The summed E-state index contributed by atoms with van der Waals surface area (Å²) in [6.07, 6.45) is -2.14. The molecule has 0 bridgehead atoms. The van der Waals surface area contributed by atoms with Crippen molar-refractivity contribution in [2.75, 3.05) is 0 Å². The molecular formula is C7H5F2KN2O3. The van der Waals surface area contributed by atoms with Crippen molar-refractivity contribution in [3.05, 3.63) is 11.7 Å². The second-order valence-corrected chi connectivity index (χ2v) is 3.17. The van der Waals surface area contributed by atoms with Gasteiger partial charge >= 0.3 is 51.4 Å². The molecule has 2 rings (SSSR count). The largest absolute Gasteiger partial charge is 1.00 e. The minimum atomic E-state index is -2.61. The van der Waals surface area contributed by atoms with Gasteiger partial charge in [0.05, 0.1) is 0 Å². The van der Waals surface area contributed by atoms with E-state index in [1.807, 2.05) is 0 Å². The van der Waals surface area contributed by atoms with Crippen LogP contribution in [0.15, 0.2) is 4.52 Å². The summed E-state index contributed by atoms with van der Waals surface area (Å²) in [5.74, 6) is -2.64. The number of hydrogen-bond donors (Lipinski definition) is 0. The maximum Gasteiger partial charge on any atom is 1.00 e. The molecule has 76 valence electrons. The molecule has 5 nitrogen and oxygen atoms in total. The molecule has 0 amide bonds. The van der Waals surface area contributed by atoms with Crippen LogP contribution in [-0.4, -0.2) is 22.5 Å². The zero-order chi connectivity index (χ0) is 10.3. The van der Waals surface area contributed by atoms with Gasteiger partial charge in [0.25, 0.3) is 6.43 Å². The molecule has 0 spiro atoms. The quantitative estimate of drug-likeness (QED) is 0.520. The molecule has 1 aliphatic carbocycles. The first-order valence-electron chi connectivity index (χ1n) is 3.90. The van der Waals surface area contributed by atoms with Crippen LogP contribution < -0.4 is 56.5 Å². The van der Waals surface area contributed by atoms with Crippen LogP contribution in [0.4, 0.5) is 8.78 Å². The fraction of sp³-hybridized carbons (Fsp3) is 0.571. The molecule has 1 heterocycles. The monoisotopic (exact) mass is 242 g/mol. The third kappa shape index (κ3) is 2.28. The predicted molar refractivity (Wildman–Crippen MR) is 35.5 cm³/mol. The Bertz CT molecular complexity index is 378. The number of carboxylic acid groups (broad SMARTS) is 1. The third-order valence-electron chi connectivity index (χ3n) is 2.24. The summed E-state index contributed by atoms with van der Waals surface area (Å²) in [4.78, 5) is 13.6. The molecule has 0 atom stereocenters. The zero-order valence-electron chi connectivity index (χ0n) is 7.87. The SMILES string of the molecule is O=C([O-])c1noc(C2(C(F)F)CC2)n1.[K+]. The Kier molecular flexibility index (Phi) is 3.99. The van der Waals surface area contributed by atoms with Crippen LogP contribution in [0.1, 0.15) is 29.4 Å². The summed E-state index contributed by atoms with van der Waals surface area (Å²) in [6.45, 7) is 0. The van der Waals surface area contributed by atoms with Gasteiger partial charge in [-0.3, -0.25) is 0 Å². The minimum Gasteiger partial charge on any atom is -0.541 e. The van der Waals surface area contributed by atoms with E-state index >= 15 is 0 Å². The standard InChI is InChI=1S/C7H6F2N2O3.K/c8-5(9)7(1-2-7)6-10-3(4(12)13)11-14-6;/h5H,1-2H2,(H,12,13);/q;+1/p-1. The molecule has 8 heteroatoms. The molecule has 0 aromatic carbocycles. The van der Waals surface area contributed by atoms with Crippen molar-refractivity contribution in [2.24, 2.45) is 0 Å². The van der Waals surface area contributed by atoms with Gasteiger partial charge in [-0.25, -0.2) is 8.78 Å². The third-order valence-corrected chi connectivity index (χ3v) is 2.24. The van der Waals surface area contributed by atoms with Crippen LogP contribution in [0, 0.1) is 0 Å². The van der Waals surface area contributed by atoms with Gasteiger partial charge < -0.3 is 14.4 Å². The second kappa shape index (κ2) is 4.54. The van der Waals surface area contributed by atoms with E-state index in [-0.39, 0.29) is 70.1 Å². The van der Waals surface area contributed by atoms with E-state index < -0.39 is 23.6 Å². The number of alkyl halides is 2. The fourth-order valence-corrected chi connectivity index (χ4v) is 1.17. The molecule has 1 fully saturated rings. The van der Waals surface area contributed by atoms with Crippen molar-refractivity contribution >= 4 is 5.97 Å². The summed E-state index contributed by atoms with van der Waals surface area (Å²) < 4.78 is 29.4. The molecule has 1 saturated carbocycles. The Morgan fingerprint density at radius 1 is 1.53 bits per heavy atom. The number of hydrogen-bond acceptors (Lipinski definition) is 5. The van der Waals surface area contributed by atoms with Crippen molar-refractivity contribution in [3.63, 3.8) is 0 Å². The van der Waals surface area contributed by atoms with E-state index in [0.29, 0.717) is 0 Å². The van der Waals surface area contributed by atoms with Crippen molar-refractivity contribution in [3.8, 4) is 0 Å². The number of rotatable bonds is 3. The first-order chi connectivity index (χ1) is 6.56. The maximum absolute atomic E-state index is 12.5. The summed E-state index contributed by atoms with van der Waals surface area (Å²) in [5, 5.41) is 13.3. The van der Waals surface area contributed by atoms with Crippen LogP contribution in [0.2, 0.25) is 0 Å². The fourth-order valence-electron chi connectivity index (χ4n) is 1.17. The van der Waals surface area contributed by atoms with Gasteiger partial charge in [-0.1, -0.05) is 5.16 Å². The Balaban J connectivity index is 0.00000112. The van der Waals surface area contributed by atoms with Gasteiger partial charge in [-0.05, 0) is 12.8 Å². The second-order valence-electron chi connectivity index (χ2n) is 3.17. The van der Waals surface area contributed by atoms with Gasteiger partial charge in [0.1, 0.15) is 11.4 Å². The first-order valence-corrected chi connectivity index (χ1v) is 3.90. The molecule has 0 radical (unpaired) electrons. The summed E-state index contributed by atoms with van der Waals surface area (Å²) in [7, 11) is 0. The van der Waals surface area contributed by atoms with E-state index in [1.54, 1.807) is 0 Å². The Labute approximate surface area is 126 Å². The molecule has 15 heavy (non-hydrogen) atoms. The number of carboxylic acids is 1. The molecule has 1 aromatic rings. The van der Waals surface area contributed by atoms with Crippen LogP contribution in [0.5, 0.6) is 0 Å². The Morgan fingerprint density at radius 2 is 2.13 bits per heavy atom. The van der Waals surface area contributed by atoms with Crippen LogP contribution in [0.3, 0.4) is 0 Å². The molecule has 1 aliphatic rings. The first kappa shape index (κ1) is 13.2. The average Bonchev–Trinajstić information content (AvgIpc) is 2.77. The Hall–Kier alpha value is 0.106. The van der Waals surface area contributed by atoms with E-state index in [4.69, 9.17) is 0 Å². The van der Waals surface area contributed by atoms with Gasteiger partial charge in [0.15, 0.2) is 0 Å². The van der Waals surface area contributed by atoms with E-state index in [1.165, 1.54) is 0 Å². The maximum atomic E-state index is 12.5. The molecule has 0 N–H and O–H groups in total. The van der Waals surface area contributed by atoms with Crippen molar-refractivity contribution in [1.29, 1.82) is 0 Å². The zero-order valence-corrected chi connectivity index (χ0v) is 11.0. The molecular weight excluding hydrogens is 237 g/mol. The number of halogens is 2. The van der Waals surface area contributed by atoms with Crippen LogP contribution in [0.25, 0.3) is 0 Å². The number of aromatic nitrogens is 2. The van der Waals surface area contributed by atoms with E-state index in [9.17, 15) is 18.7 Å². The predicted octanol–water partition coefficient (Wildman–Crippen LogP) is -3.27. The smallest absolute Gasteiger partial charge is 0.541 e. The normalized spacial score (nSPS) is 17.3. The molecule has 0 unspecified atom stereocenters. The molecule has 0 aliphatic heterocycles. The van der Waals surface area contributed by atoms with Gasteiger partial charge in [-0.15, -0.1) is 0 Å². The topological polar surface area (TPSA) is 79.0 Å².